The predicted octanol–water partition coefficient (Wildman–Crippen LogP) is 3.76. The highest BCUT2D eigenvalue weighted by Gasteiger charge is 2.10. The Morgan fingerprint density at radius 3 is 2.59 bits per heavy atom. The molecule has 4 nitrogen and oxygen atoms in total. The maximum absolute atomic E-state index is 11.1. The van der Waals surface area contributed by atoms with Gasteiger partial charge in [0.15, 0.2) is 0 Å². The zero-order valence-corrected chi connectivity index (χ0v) is 12.5. The molecular formula is C18H17NO3. The first kappa shape index (κ1) is 14.2. The van der Waals surface area contributed by atoms with E-state index in [0.717, 1.165) is 22.2 Å². The van der Waals surface area contributed by atoms with Gasteiger partial charge in [-0.05, 0) is 31.2 Å². The van der Waals surface area contributed by atoms with E-state index in [4.69, 9.17) is 9.84 Å². The Morgan fingerprint density at radius 1 is 1.18 bits per heavy atom. The van der Waals surface area contributed by atoms with Crippen LogP contribution in [0.4, 0.5) is 0 Å². The van der Waals surface area contributed by atoms with E-state index in [1.165, 1.54) is 5.56 Å². The summed E-state index contributed by atoms with van der Waals surface area (Å²) in [6.07, 6.45) is 1.98. The smallest absolute Gasteiger partial charge is 0.335 e. The van der Waals surface area contributed by atoms with E-state index in [9.17, 15) is 4.79 Å². The molecule has 22 heavy (non-hydrogen) atoms. The first-order valence-corrected chi connectivity index (χ1v) is 7.05. The Morgan fingerprint density at radius 2 is 1.91 bits per heavy atom. The van der Waals surface area contributed by atoms with Gasteiger partial charge in [-0.2, -0.15) is 0 Å². The minimum atomic E-state index is -0.916. The molecule has 112 valence electrons. The van der Waals surface area contributed by atoms with E-state index in [-0.39, 0.29) is 0 Å². The monoisotopic (exact) mass is 295 g/mol. The van der Waals surface area contributed by atoms with Crippen LogP contribution in [-0.2, 0) is 13.7 Å². The zero-order chi connectivity index (χ0) is 15.7. The second kappa shape index (κ2) is 5.56. The summed E-state index contributed by atoms with van der Waals surface area (Å²) < 4.78 is 7.74. The van der Waals surface area contributed by atoms with Gasteiger partial charge in [-0.1, -0.05) is 23.8 Å². The number of aromatic nitrogens is 1. The Labute approximate surface area is 128 Å². The molecule has 0 aliphatic rings. The maximum Gasteiger partial charge on any atom is 0.335 e. The van der Waals surface area contributed by atoms with Gasteiger partial charge in [0.1, 0.15) is 12.4 Å². The van der Waals surface area contributed by atoms with E-state index < -0.39 is 5.97 Å². The van der Waals surface area contributed by atoms with E-state index in [1.54, 1.807) is 12.1 Å². The molecule has 2 aromatic carbocycles. The van der Waals surface area contributed by atoms with Crippen molar-refractivity contribution in [3.8, 4) is 5.75 Å². The standard InChI is InChI=1S/C18H17NO3/c1-12-3-6-15(7-4-12)22-11-14-10-19(2)17-9-13(18(20)21)5-8-16(14)17/h3-10H,11H2,1-2H3,(H,20,21). The first-order valence-electron chi connectivity index (χ1n) is 7.05. The number of ether oxygens (including phenoxy) is 1. The van der Waals surface area contributed by atoms with Crippen LogP contribution in [0.5, 0.6) is 5.75 Å². The van der Waals surface area contributed by atoms with Crippen LogP contribution in [0.15, 0.2) is 48.7 Å². The molecular weight excluding hydrogens is 278 g/mol. The van der Waals surface area contributed by atoms with Crippen molar-refractivity contribution < 1.29 is 14.6 Å². The van der Waals surface area contributed by atoms with Crippen molar-refractivity contribution in [3.05, 3.63) is 65.4 Å². The predicted molar refractivity (Wildman–Crippen MR) is 85.4 cm³/mol. The van der Waals surface area contributed by atoms with Gasteiger partial charge < -0.3 is 14.4 Å². The van der Waals surface area contributed by atoms with Gasteiger partial charge in [-0.3, -0.25) is 0 Å². The molecule has 0 amide bonds. The normalized spacial score (nSPS) is 10.8. The van der Waals surface area contributed by atoms with Crippen LogP contribution in [0.2, 0.25) is 0 Å². The number of aryl methyl sites for hydroxylation is 2. The lowest BCUT2D eigenvalue weighted by Gasteiger charge is -2.05. The van der Waals surface area contributed by atoms with Gasteiger partial charge in [0.05, 0.1) is 5.56 Å². The van der Waals surface area contributed by atoms with E-state index in [1.807, 2.05) is 55.1 Å². The molecule has 0 radical (unpaired) electrons. The molecule has 0 saturated carbocycles. The van der Waals surface area contributed by atoms with Crippen molar-refractivity contribution in [2.24, 2.45) is 7.05 Å². The summed E-state index contributed by atoms with van der Waals surface area (Å²) in [6.45, 7) is 2.49. The van der Waals surface area contributed by atoms with Crippen molar-refractivity contribution in [2.75, 3.05) is 0 Å². The van der Waals surface area contributed by atoms with Crippen molar-refractivity contribution in [1.82, 2.24) is 4.57 Å². The number of rotatable bonds is 4. The number of carboxylic acids is 1. The minimum absolute atomic E-state index is 0.291. The maximum atomic E-state index is 11.1. The van der Waals surface area contributed by atoms with Crippen LogP contribution in [0.3, 0.4) is 0 Å². The van der Waals surface area contributed by atoms with Crippen LogP contribution < -0.4 is 4.74 Å². The van der Waals surface area contributed by atoms with Gasteiger partial charge in [-0.25, -0.2) is 4.79 Å². The molecule has 1 N–H and O–H groups in total. The number of carbonyl (C=O) groups is 1. The number of hydrogen-bond donors (Lipinski definition) is 1. The minimum Gasteiger partial charge on any atom is -0.489 e. The summed E-state index contributed by atoms with van der Waals surface area (Å²) in [6, 6.07) is 13.1. The Hall–Kier alpha value is -2.75. The highest BCUT2D eigenvalue weighted by Crippen LogP contribution is 2.24. The lowest BCUT2D eigenvalue weighted by atomic mass is 10.1. The van der Waals surface area contributed by atoms with Crippen molar-refractivity contribution >= 4 is 16.9 Å². The quantitative estimate of drug-likeness (QED) is 0.797. The summed E-state index contributed by atoms with van der Waals surface area (Å²) in [5.74, 6) is -0.0923. The van der Waals surface area contributed by atoms with Crippen molar-refractivity contribution in [1.29, 1.82) is 0 Å². The molecule has 4 heteroatoms. The third-order valence-electron chi connectivity index (χ3n) is 3.74. The number of nitrogens with zero attached hydrogens (tertiary/aromatic N) is 1. The van der Waals surface area contributed by atoms with Crippen LogP contribution >= 0.6 is 0 Å². The van der Waals surface area contributed by atoms with Crippen molar-refractivity contribution in [3.63, 3.8) is 0 Å². The number of fused-ring (bicyclic) bond motifs is 1. The van der Waals surface area contributed by atoms with E-state index in [2.05, 4.69) is 0 Å². The molecule has 0 fully saturated rings. The van der Waals surface area contributed by atoms with Gasteiger partial charge in [0, 0.05) is 29.7 Å². The highest BCUT2D eigenvalue weighted by molar-refractivity contribution is 5.94. The lowest BCUT2D eigenvalue weighted by molar-refractivity contribution is 0.0697. The molecule has 0 aliphatic heterocycles. The molecule has 1 heterocycles. The Kier molecular flexibility index (Phi) is 3.59. The number of aromatic carboxylic acids is 1. The number of benzene rings is 2. The summed E-state index contributed by atoms with van der Waals surface area (Å²) >= 11 is 0. The SMILES string of the molecule is Cc1ccc(OCc2cn(C)c3cc(C(=O)O)ccc23)cc1. The van der Waals surface area contributed by atoms with E-state index in [0.29, 0.717) is 12.2 Å². The fraction of sp³-hybridized carbons (Fsp3) is 0.167. The number of hydrogen-bond acceptors (Lipinski definition) is 2. The summed E-state index contributed by atoms with van der Waals surface area (Å²) in [4.78, 5) is 11.1. The average Bonchev–Trinajstić information content (AvgIpc) is 2.83. The molecule has 0 atom stereocenters. The molecule has 0 spiro atoms. The fourth-order valence-corrected chi connectivity index (χ4v) is 2.51. The van der Waals surface area contributed by atoms with E-state index >= 15 is 0 Å². The Bertz CT molecular complexity index is 831. The van der Waals surface area contributed by atoms with Gasteiger partial charge in [0.25, 0.3) is 0 Å². The third-order valence-corrected chi connectivity index (χ3v) is 3.74. The fourth-order valence-electron chi connectivity index (χ4n) is 2.51. The molecule has 0 aliphatic carbocycles. The molecule has 3 aromatic rings. The van der Waals surface area contributed by atoms with Gasteiger partial charge >= 0.3 is 5.97 Å². The largest absolute Gasteiger partial charge is 0.489 e. The van der Waals surface area contributed by atoms with Crippen LogP contribution in [0.25, 0.3) is 10.9 Å². The van der Waals surface area contributed by atoms with Crippen LogP contribution in [0.1, 0.15) is 21.5 Å². The lowest BCUT2D eigenvalue weighted by Crippen LogP contribution is -1.96. The first-order chi connectivity index (χ1) is 10.5. The number of carboxylic acid groups (broad SMARTS) is 1. The summed E-state index contributed by atoms with van der Waals surface area (Å²) in [5.41, 5.74) is 3.41. The topological polar surface area (TPSA) is 51.5 Å². The second-order valence-corrected chi connectivity index (χ2v) is 5.40. The van der Waals surface area contributed by atoms with Crippen LogP contribution in [-0.4, -0.2) is 15.6 Å². The molecule has 0 bridgehead atoms. The molecule has 0 saturated heterocycles. The van der Waals surface area contributed by atoms with Crippen molar-refractivity contribution in [2.45, 2.75) is 13.5 Å². The van der Waals surface area contributed by atoms with Gasteiger partial charge in [0.2, 0.25) is 0 Å². The summed E-state index contributed by atoms with van der Waals surface area (Å²) in [5, 5.41) is 10.1. The molecule has 0 unspecified atom stereocenters. The van der Waals surface area contributed by atoms with Crippen LogP contribution in [0, 0.1) is 6.92 Å². The zero-order valence-electron chi connectivity index (χ0n) is 12.5. The summed E-state index contributed by atoms with van der Waals surface area (Å²) in [7, 11) is 1.91. The third kappa shape index (κ3) is 2.68. The van der Waals surface area contributed by atoms with Gasteiger partial charge in [-0.15, -0.1) is 0 Å². The molecule has 1 aromatic heterocycles. The highest BCUT2D eigenvalue weighted by atomic mass is 16.5. The second-order valence-electron chi connectivity index (χ2n) is 5.40. The molecule has 3 rings (SSSR count). The Balaban J connectivity index is 1.88. The average molecular weight is 295 g/mol.